The first-order chi connectivity index (χ1) is 7.74. The first kappa shape index (κ1) is 13.1. The molecule has 0 saturated carbocycles. The van der Waals surface area contributed by atoms with Crippen molar-refractivity contribution in [3.05, 3.63) is 11.9 Å². The summed E-state index contributed by atoms with van der Waals surface area (Å²) in [7, 11) is 1.89. The van der Waals surface area contributed by atoms with E-state index >= 15 is 0 Å². The van der Waals surface area contributed by atoms with Gasteiger partial charge in [0.25, 0.3) is 0 Å². The Bertz CT molecular complexity index is 289. The Hall–Kier alpha value is -0.940. The largest absolute Gasteiger partial charge is 0.379 e. The Morgan fingerprint density at radius 1 is 1.38 bits per heavy atom. The average molecular weight is 227 g/mol. The van der Waals surface area contributed by atoms with Gasteiger partial charge in [-0.05, 0) is 13.3 Å². The highest BCUT2D eigenvalue weighted by Gasteiger charge is 2.07. The maximum atomic E-state index is 5.62. The minimum absolute atomic E-state index is 0.169. The van der Waals surface area contributed by atoms with Gasteiger partial charge >= 0.3 is 0 Å². The highest BCUT2D eigenvalue weighted by Crippen LogP contribution is 2.02. The van der Waals surface area contributed by atoms with Gasteiger partial charge in [-0.15, -0.1) is 5.10 Å². The van der Waals surface area contributed by atoms with Crippen LogP contribution in [0.1, 0.15) is 26.0 Å². The third-order valence-electron chi connectivity index (χ3n) is 2.28. The molecule has 0 aromatic carbocycles. The van der Waals surface area contributed by atoms with Crippen LogP contribution in [0.15, 0.2) is 6.20 Å². The fourth-order valence-electron chi connectivity index (χ4n) is 1.40. The van der Waals surface area contributed by atoms with Crippen LogP contribution in [-0.4, -0.2) is 40.9 Å². The van der Waals surface area contributed by atoms with Crippen molar-refractivity contribution in [1.82, 2.24) is 15.0 Å². The summed E-state index contributed by atoms with van der Waals surface area (Å²) in [6.45, 7) is 6.27. The summed E-state index contributed by atoms with van der Waals surface area (Å²) >= 11 is 0. The second kappa shape index (κ2) is 7.35. The van der Waals surface area contributed by atoms with Crippen LogP contribution >= 0.6 is 0 Å². The number of aryl methyl sites for hydroxylation is 1. The SMILES string of the molecule is CCCOCCOC(C)Cc1cnnn1C. The Morgan fingerprint density at radius 2 is 2.19 bits per heavy atom. The van der Waals surface area contributed by atoms with Crippen molar-refractivity contribution < 1.29 is 9.47 Å². The molecule has 1 heterocycles. The van der Waals surface area contributed by atoms with Gasteiger partial charge < -0.3 is 9.47 Å². The molecule has 5 nitrogen and oxygen atoms in total. The minimum atomic E-state index is 0.169. The first-order valence-corrected chi connectivity index (χ1v) is 5.77. The zero-order chi connectivity index (χ0) is 11.8. The van der Waals surface area contributed by atoms with Crippen molar-refractivity contribution in [1.29, 1.82) is 0 Å². The summed E-state index contributed by atoms with van der Waals surface area (Å²) in [5, 5.41) is 7.71. The molecule has 0 aliphatic rings. The van der Waals surface area contributed by atoms with E-state index in [1.54, 1.807) is 10.9 Å². The molecule has 1 aromatic rings. The molecule has 0 radical (unpaired) electrons. The topological polar surface area (TPSA) is 49.2 Å². The molecule has 0 spiro atoms. The van der Waals surface area contributed by atoms with Crippen molar-refractivity contribution in [2.45, 2.75) is 32.8 Å². The number of nitrogens with zero attached hydrogens (tertiary/aromatic N) is 3. The zero-order valence-corrected chi connectivity index (χ0v) is 10.3. The van der Waals surface area contributed by atoms with Crippen LogP contribution in [0.3, 0.4) is 0 Å². The van der Waals surface area contributed by atoms with E-state index < -0.39 is 0 Å². The number of hydrogen-bond donors (Lipinski definition) is 0. The molecule has 0 fully saturated rings. The van der Waals surface area contributed by atoms with E-state index in [9.17, 15) is 0 Å². The fraction of sp³-hybridized carbons (Fsp3) is 0.818. The van der Waals surface area contributed by atoms with E-state index in [1.807, 2.05) is 14.0 Å². The van der Waals surface area contributed by atoms with Gasteiger partial charge in [-0.25, -0.2) is 0 Å². The van der Waals surface area contributed by atoms with Gasteiger partial charge in [0.05, 0.1) is 31.2 Å². The Kier molecular flexibility index (Phi) is 6.03. The van der Waals surface area contributed by atoms with Crippen LogP contribution in [0.25, 0.3) is 0 Å². The van der Waals surface area contributed by atoms with Crippen LogP contribution in [0, 0.1) is 0 Å². The summed E-state index contributed by atoms with van der Waals surface area (Å²) in [5.74, 6) is 0. The van der Waals surface area contributed by atoms with Gasteiger partial charge in [0.15, 0.2) is 0 Å². The maximum absolute atomic E-state index is 5.62. The summed E-state index contributed by atoms with van der Waals surface area (Å²) in [6, 6.07) is 0. The third kappa shape index (κ3) is 4.72. The highest BCUT2D eigenvalue weighted by molar-refractivity contribution is 4.94. The normalized spacial score (nSPS) is 12.9. The zero-order valence-electron chi connectivity index (χ0n) is 10.3. The molecule has 5 heteroatoms. The molecular formula is C11H21N3O2. The lowest BCUT2D eigenvalue weighted by Gasteiger charge is -2.12. The molecule has 1 rings (SSSR count). The molecule has 1 aromatic heterocycles. The van der Waals surface area contributed by atoms with E-state index in [4.69, 9.17) is 9.47 Å². The third-order valence-corrected chi connectivity index (χ3v) is 2.28. The smallest absolute Gasteiger partial charge is 0.0726 e. The minimum Gasteiger partial charge on any atom is -0.379 e. The summed E-state index contributed by atoms with van der Waals surface area (Å²) < 4.78 is 12.7. The van der Waals surface area contributed by atoms with Gasteiger partial charge in [0.1, 0.15) is 0 Å². The van der Waals surface area contributed by atoms with Crippen LogP contribution in [0.5, 0.6) is 0 Å². The number of aromatic nitrogens is 3. The molecule has 0 aliphatic heterocycles. The molecule has 16 heavy (non-hydrogen) atoms. The van der Waals surface area contributed by atoms with Gasteiger partial charge in [0.2, 0.25) is 0 Å². The maximum Gasteiger partial charge on any atom is 0.0726 e. The summed E-state index contributed by atoms with van der Waals surface area (Å²) in [6.07, 6.45) is 3.82. The lowest BCUT2D eigenvalue weighted by molar-refractivity contribution is 0.0122. The Morgan fingerprint density at radius 3 is 2.81 bits per heavy atom. The second-order valence-electron chi connectivity index (χ2n) is 3.85. The van der Waals surface area contributed by atoms with E-state index in [0.717, 1.165) is 25.1 Å². The van der Waals surface area contributed by atoms with Crippen molar-refractivity contribution >= 4 is 0 Å². The van der Waals surface area contributed by atoms with Gasteiger partial charge in [-0.1, -0.05) is 12.1 Å². The molecule has 0 saturated heterocycles. The predicted molar refractivity (Wildman–Crippen MR) is 61.2 cm³/mol. The van der Waals surface area contributed by atoms with Crippen molar-refractivity contribution in [3.8, 4) is 0 Å². The molecule has 1 atom stereocenters. The van der Waals surface area contributed by atoms with Gasteiger partial charge in [-0.2, -0.15) is 0 Å². The fourth-order valence-corrected chi connectivity index (χ4v) is 1.40. The van der Waals surface area contributed by atoms with E-state index in [0.29, 0.717) is 13.2 Å². The lowest BCUT2D eigenvalue weighted by atomic mass is 10.2. The summed E-state index contributed by atoms with van der Waals surface area (Å²) in [4.78, 5) is 0. The Balaban J connectivity index is 2.11. The Labute approximate surface area is 96.7 Å². The van der Waals surface area contributed by atoms with E-state index in [1.165, 1.54) is 0 Å². The van der Waals surface area contributed by atoms with Crippen LogP contribution < -0.4 is 0 Å². The lowest BCUT2D eigenvalue weighted by Crippen LogP contribution is -2.17. The highest BCUT2D eigenvalue weighted by atomic mass is 16.5. The van der Waals surface area contributed by atoms with Crippen molar-refractivity contribution in [2.75, 3.05) is 19.8 Å². The average Bonchev–Trinajstić information content (AvgIpc) is 2.64. The molecule has 0 bridgehead atoms. The summed E-state index contributed by atoms with van der Waals surface area (Å²) in [5.41, 5.74) is 1.09. The quantitative estimate of drug-likeness (QED) is 0.626. The number of rotatable bonds is 8. The molecular weight excluding hydrogens is 206 g/mol. The van der Waals surface area contributed by atoms with Gasteiger partial charge in [-0.3, -0.25) is 4.68 Å². The molecule has 1 unspecified atom stereocenters. The second-order valence-corrected chi connectivity index (χ2v) is 3.85. The molecule has 0 aliphatic carbocycles. The van der Waals surface area contributed by atoms with Crippen LogP contribution in [-0.2, 0) is 22.9 Å². The van der Waals surface area contributed by atoms with Gasteiger partial charge in [0, 0.05) is 20.1 Å². The van der Waals surface area contributed by atoms with Crippen LogP contribution in [0.4, 0.5) is 0 Å². The van der Waals surface area contributed by atoms with Crippen molar-refractivity contribution in [3.63, 3.8) is 0 Å². The standard InChI is InChI=1S/C11H21N3O2/c1-4-5-15-6-7-16-10(2)8-11-9-12-13-14(11)3/h9-10H,4-8H2,1-3H3. The molecule has 0 N–H and O–H groups in total. The number of ether oxygens (including phenoxy) is 2. The molecule has 0 amide bonds. The van der Waals surface area contributed by atoms with Crippen molar-refractivity contribution in [2.24, 2.45) is 7.05 Å². The number of hydrogen-bond acceptors (Lipinski definition) is 4. The van der Waals surface area contributed by atoms with Crippen LogP contribution in [0.2, 0.25) is 0 Å². The van der Waals surface area contributed by atoms with E-state index in [2.05, 4.69) is 17.2 Å². The van der Waals surface area contributed by atoms with E-state index in [-0.39, 0.29) is 6.10 Å². The first-order valence-electron chi connectivity index (χ1n) is 5.77. The predicted octanol–water partition coefficient (Wildman–Crippen LogP) is 1.19. The monoisotopic (exact) mass is 227 g/mol. The molecule has 92 valence electrons.